The molecule has 2 aliphatic heterocycles. The molecule has 178 valence electrons. The molecule has 1 saturated carbocycles. The van der Waals surface area contributed by atoms with E-state index < -0.39 is 12.1 Å². The molecule has 2 heterocycles. The lowest BCUT2D eigenvalue weighted by molar-refractivity contribution is -0.138. The van der Waals surface area contributed by atoms with Gasteiger partial charge in [0.2, 0.25) is 11.8 Å². The van der Waals surface area contributed by atoms with Gasteiger partial charge >= 0.3 is 0 Å². The van der Waals surface area contributed by atoms with Crippen LogP contribution in [0, 0.1) is 11.8 Å². The quantitative estimate of drug-likeness (QED) is 0.638. The summed E-state index contributed by atoms with van der Waals surface area (Å²) in [6.45, 7) is 4.48. The Morgan fingerprint density at radius 1 is 1.06 bits per heavy atom. The first kappa shape index (κ1) is 23.3. The average molecular weight is 455 g/mol. The van der Waals surface area contributed by atoms with Gasteiger partial charge in [0.05, 0.1) is 12.6 Å². The Hall–Kier alpha value is -2.90. The highest BCUT2D eigenvalue weighted by atomic mass is 16.2. The second-order valence-corrected chi connectivity index (χ2v) is 10.0. The number of nitrogens with two attached hydrogens (primary N) is 1. The Labute approximate surface area is 194 Å². The van der Waals surface area contributed by atoms with Crippen LogP contribution in [-0.2, 0) is 14.4 Å². The van der Waals surface area contributed by atoms with Gasteiger partial charge in [-0.15, -0.1) is 0 Å². The Kier molecular flexibility index (Phi) is 6.72. The topological polar surface area (TPSA) is 113 Å². The van der Waals surface area contributed by atoms with E-state index in [-0.39, 0.29) is 47.9 Å². The van der Waals surface area contributed by atoms with Gasteiger partial charge in [0.1, 0.15) is 12.1 Å². The van der Waals surface area contributed by atoms with E-state index in [0.29, 0.717) is 30.6 Å². The van der Waals surface area contributed by atoms with Crippen LogP contribution in [0.15, 0.2) is 24.3 Å². The zero-order valence-corrected chi connectivity index (χ0v) is 19.5. The van der Waals surface area contributed by atoms with Crippen LogP contribution >= 0.6 is 0 Å². The maximum Gasteiger partial charge on any atom is 0.251 e. The van der Waals surface area contributed by atoms with Crippen molar-refractivity contribution in [3.63, 3.8) is 0 Å². The first-order valence-electron chi connectivity index (χ1n) is 12.1. The summed E-state index contributed by atoms with van der Waals surface area (Å²) in [7, 11) is 0. The van der Waals surface area contributed by atoms with Crippen LogP contribution in [-0.4, -0.2) is 64.5 Å². The highest BCUT2D eigenvalue weighted by molar-refractivity contribution is 6.01. The van der Waals surface area contributed by atoms with Gasteiger partial charge in [-0.25, -0.2) is 0 Å². The predicted molar refractivity (Wildman–Crippen MR) is 124 cm³/mol. The number of nitrogens with one attached hydrogen (secondary N) is 1. The van der Waals surface area contributed by atoms with Crippen molar-refractivity contribution in [2.45, 2.75) is 70.5 Å². The molecule has 33 heavy (non-hydrogen) atoms. The number of nitrogen functional groups attached to an aromatic ring is 1. The molecule has 0 radical (unpaired) electrons. The zero-order valence-electron chi connectivity index (χ0n) is 19.5. The molecule has 4 rings (SSSR count). The molecule has 3 unspecified atom stereocenters. The highest BCUT2D eigenvalue weighted by Gasteiger charge is 2.53. The SMILES string of the molecule is CC(C)CC(NC(=O)c1ccc(N)cc1)C(=O)N1CCC2C1C(=O)CN2C(=O)C1CCCC1. The van der Waals surface area contributed by atoms with E-state index in [4.69, 9.17) is 5.73 Å². The van der Waals surface area contributed by atoms with E-state index in [1.807, 2.05) is 13.8 Å². The Morgan fingerprint density at radius 3 is 2.36 bits per heavy atom. The van der Waals surface area contributed by atoms with Crippen LogP contribution in [0.25, 0.3) is 0 Å². The molecule has 3 aliphatic rings. The van der Waals surface area contributed by atoms with Gasteiger partial charge in [0.15, 0.2) is 5.78 Å². The van der Waals surface area contributed by atoms with Crippen molar-refractivity contribution >= 4 is 29.2 Å². The maximum absolute atomic E-state index is 13.6. The molecule has 1 aliphatic carbocycles. The summed E-state index contributed by atoms with van der Waals surface area (Å²) in [5, 5.41) is 2.87. The molecule has 1 aromatic carbocycles. The zero-order chi connectivity index (χ0) is 23.7. The summed E-state index contributed by atoms with van der Waals surface area (Å²) in [6, 6.07) is 4.95. The summed E-state index contributed by atoms with van der Waals surface area (Å²) in [5.41, 5.74) is 6.69. The second-order valence-electron chi connectivity index (χ2n) is 10.0. The van der Waals surface area contributed by atoms with Crippen LogP contribution in [0.1, 0.15) is 62.7 Å². The molecule has 3 amide bonds. The van der Waals surface area contributed by atoms with Crippen LogP contribution in [0.3, 0.4) is 0 Å². The van der Waals surface area contributed by atoms with Crippen molar-refractivity contribution in [2.75, 3.05) is 18.8 Å². The number of rotatable bonds is 6. The van der Waals surface area contributed by atoms with Crippen molar-refractivity contribution in [2.24, 2.45) is 11.8 Å². The summed E-state index contributed by atoms with van der Waals surface area (Å²) >= 11 is 0. The van der Waals surface area contributed by atoms with Gasteiger partial charge < -0.3 is 20.9 Å². The van der Waals surface area contributed by atoms with Crippen LogP contribution in [0.4, 0.5) is 5.69 Å². The Morgan fingerprint density at radius 2 is 1.73 bits per heavy atom. The van der Waals surface area contributed by atoms with Crippen LogP contribution < -0.4 is 11.1 Å². The first-order chi connectivity index (χ1) is 15.8. The summed E-state index contributed by atoms with van der Waals surface area (Å²) in [5.74, 6) is -0.426. The van der Waals surface area contributed by atoms with E-state index in [1.165, 1.54) is 0 Å². The summed E-state index contributed by atoms with van der Waals surface area (Å²) in [6.07, 6.45) is 4.95. The van der Waals surface area contributed by atoms with Gasteiger partial charge in [0, 0.05) is 23.7 Å². The number of benzene rings is 1. The van der Waals surface area contributed by atoms with Crippen molar-refractivity contribution in [1.82, 2.24) is 15.1 Å². The van der Waals surface area contributed by atoms with E-state index in [0.717, 1.165) is 25.7 Å². The van der Waals surface area contributed by atoms with Gasteiger partial charge in [-0.05, 0) is 55.9 Å². The van der Waals surface area contributed by atoms with Gasteiger partial charge in [0.25, 0.3) is 5.91 Å². The van der Waals surface area contributed by atoms with Gasteiger partial charge in [-0.2, -0.15) is 0 Å². The molecule has 0 bridgehead atoms. The molecule has 1 aromatic rings. The minimum Gasteiger partial charge on any atom is -0.399 e. The normalized spacial score (nSPS) is 23.8. The molecule has 3 fully saturated rings. The number of hydrogen-bond donors (Lipinski definition) is 2. The maximum atomic E-state index is 13.6. The van der Waals surface area contributed by atoms with E-state index in [2.05, 4.69) is 5.32 Å². The third kappa shape index (κ3) is 4.75. The van der Waals surface area contributed by atoms with E-state index in [1.54, 1.807) is 34.1 Å². The summed E-state index contributed by atoms with van der Waals surface area (Å²) < 4.78 is 0. The molecule has 2 saturated heterocycles. The molecular formula is C25H34N4O4. The molecule has 8 nitrogen and oxygen atoms in total. The molecular weight excluding hydrogens is 420 g/mol. The molecule has 8 heteroatoms. The number of anilines is 1. The molecule has 3 N–H and O–H groups in total. The van der Waals surface area contributed by atoms with Crippen molar-refractivity contribution < 1.29 is 19.2 Å². The van der Waals surface area contributed by atoms with Crippen LogP contribution in [0.2, 0.25) is 0 Å². The predicted octanol–water partition coefficient (Wildman–Crippen LogP) is 1.98. The minimum atomic E-state index is -0.735. The molecule has 0 aromatic heterocycles. The molecule has 3 atom stereocenters. The number of carbonyl (C=O) groups excluding carboxylic acids is 4. The first-order valence-corrected chi connectivity index (χ1v) is 12.1. The number of amides is 3. The highest BCUT2D eigenvalue weighted by Crippen LogP contribution is 2.34. The van der Waals surface area contributed by atoms with Gasteiger partial charge in [-0.3, -0.25) is 19.2 Å². The fourth-order valence-electron chi connectivity index (χ4n) is 5.53. The standard InChI is InChI=1S/C25H34N4O4/c1-15(2)13-19(27-23(31)16-7-9-18(26)10-8-16)25(33)28-12-11-20-22(28)21(30)14-29(20)24(32)17-5-3-4-6-17/h7-10,15,17,19-20,22H,3-6,11-14,26H2,1-2H3,(H,27,31). The third-order valence-electron chi connectivity index (χ3n) is 7.18. The number of Topliss-reactive ketones (excluding diaryl/α,β-unsaturated/α-hetero) is 1. The van der Waals surface area contributed by atoms with Crippen molar-refractivity contribution in [3.8, 4) is 0 Å². The van der Waals surface area contributed by atoms with Crippen molar-refractivity contribution in [1.29, 1.82) is 0 Å². The van der Waals surface area contributed by atoms with Crippen LogP contribution in [0.5, 0.6) is 0 Å². The number of ketones is 1. The minimum absolute atomic E-state index is 0.00851. The molecule has 0 spiro atoms. The number of hydrogen-bond acceptors (Lipinski definition) is 5. The van der Waals surface area contributed by atoms with Crippen molar-refractivity contribution in [3.05, 3.63) is 29.8 Å². The van der Waals surface area contributed by atoms with E-state index in [9.17, 15) is 19.2 Å². The fraction of sp³-hybridized carbons (Fsp3) is 0.600. The number of likely N-dealkylation sites (tertiary alicyclic amines) is 2. The lowest BCUT2D eigenvalue weighted by Gasteiger charge is -2.29. The van der Waals surface area contributed by atoms with E-state index >= 15 is 0 Å². The smallest absolute Gasteiger partial charge is 0.251 e. The lowest BCUT2D eigenvalue weighted by Crippen LogP contribution is -2.53. The number of carbonyl (C=O) groups is 4. The number of fused-ring (bicyclic) bond motifs is 1. The average Bonchev–Trinajstić information content (AvgIpc) is 3.51. The number of nitrogens with zero attached hydrogens (tertiary/aromatic N) is 2. The lowest BCUT2D eigenvalue weighted by atomic mass is 10.0. The Balaban J connectivity index is 1.48. The Bertz CT molecular complexity index is 923. The monoisotopic (exact) mass is 454 g/mol. The van der Waals surface area contributed by atoms with Gasteiger partial charge in [-0.1, -0.05) is 26.7 Å². The fourth-order valence-corrected chi connectivity index (χ4v) is 5.53. The largest absolute Gasteiger partial charge is 0.399 e. The summed E-state index contributed by atoms with van der Waals surface area (Å²) in [4.78, 5) is 55.6. The second kappa shape index (κ2) is 9.53. The third-order valence-corrected chi connectivity index (χ3v) is 7.18.